The third-order valence-corrected chi connectivity index (χ3v) is 6.02. The molecule has 0 saturated carbocycles. The number of benzene rings is 3. The van der Waals surface area contributed by atoms with Gasteiger partial charge in [0.05, 0.1) is 21.8 Å². The van der Waals surface area contributed by atoms with Crippen molar-refractivity contribution < 1.29 is 9.85 Å². The molecule has 0 amide bonds. The predicted molar refractivity (Wildman–Crippen MR) is 135 cm³/mol. The average Bonchev–Trinajstić information content (AvgIpc) is 3.48. The molecule has 3 N–H and O–H groups in total. The van der Waals surface area contributed by atoms with Gasteiger partial charge in [-0.2, -0.15) is 5.10 Å². The number of nitro groups is 2. The highest BCUT2D eigenvalue weighted by Crippen LogP contribution is 2.36. The number of non-ortho nitro benzene ring substituents is 1. The van der Waals surface area contributed by atoms with Crippen LogP contribution in [0.2, 0.25) is 0 Å². The Morgan fingerprint density at radius 1 is 0.857 bits per heavy atom. The predicted octanol–water partition coefficient (Wildman–Crippen LogP) is 6.09. The van der Waals surface area contributed by atoms with Crippen molar-refractivity contribution in [2.45, 2.75) is 12.8 Å². The summed E-state index contributed by atoms with van der Waals surface area (Å²) in [4.78, 5) is 27.9. The standard InChI is InChI=1S/C25H20N6O4/c1-15(28-29-23-11-10-16(30(32)33)12-24(23)31(34)35)25(19-13-26-21-8-4-2-6-17(19)21)20-14-27-22-9-5-3-7-18(20)22/h2-14,25-27,29H,1H3/b28-15-. The van der Waals surface area contributed by atoms with Crippen molar-refractivity contribution in [3.63, 3.8) is 0 Å². The van der Waals surface area contributed by atoms with Crippen molar-refractivity contribution in [1.29, 1.82) is 0 Å². The van der Waals surface area contributed by atoms with E-state index in [0.717, 1.165) is 39.0 Å². The summed E-state index contributed by atoms with van der Waals surface area (Å²) in [7, 11) is 0. The van der Waals surface area contributed by atoms with Gasteiger partial charge in [-0.3, -0.25) is 25.7 Å². The monoisotopic (exact) mass is 468 g/mol. The first-order valence-corrected chi connectivity index (χ1v) is 10.8. The number of anilines is 1. The Labute approximate surface area is 198 Å². The number of hydrogen-bond acceptors (Lipinski definition) is 6. The van der Waals surface area contributed by atoms with Crippen LogP contribution in [-0.4, -0.2) is 25.5 Å². The number of aromatic nitrogens is 2. The molecule has 0 aliphatic carbocycles. The Balaban J connectivity index is 1.61. The maximum Gasteiger partial charge on any atom is 0.301 e. The van der Waals surface area contributed by atoms with E-state index in [1.807, 2.05) is 67.8 Å². The molecule has 5 aromatic rings. The maximum absolute atomic E-state index is 11.5. The van der Waals surface area contributed by atoms with E-state index in [9.17, 15) is 20.2 Å². The van der Waals surface area contributed by atoms with Crippen LogP contribution < -0.4 is 5.43 Å². The minimum absolute atomic E-state index is 0.0663. The van der Waals surface area contributed by atoms with Crippen LogP contribution >= 0.6 is 0 Å². The smallest absolute Gasteiger partial charge is 0.301 e. The highest BCUT2D eigenvalue weighted by molar-refractivity contribution is 6.01. The molecule has 0 radical (unpaired) electrons. The lowest BCUT2D eigenvalue weighted by Crippen LogP contribution is -2.12. The molecule has 0 saturated heterocycles. The van der Waals surface area contributed by atoms with E-state index in [0.29, 0.717) is 5.71 Å². The fourth-order valence-corrected chi connectivity index (χ4v) is 4.38. The molecule has 0 aliphatic heterocycles. The van der Waals surface area contributed by atoms with E-state index in [-0.39, 0.29) is 17.3 Å². The number of hydrogen-bond donors (Lipinski definition) is 3. The van der Waals surface area contributed by atoms with Gasteiger partial charge in [0.2, 0.25) is 0 Å². The molecule has 0 atom stereocenters. The van der Waals surface area contributed by atoms with Gasteiger partial charge in [-0.25, -0.2) is 0 Å². The van der Waals surface area contributed by atoms with Crippen molar-refractivity contribution in [3.05, 3.63) is 110 Å². The van der Waals surface area contributed by atoms with Crippen molar-refractivity contribution in [2.75, 3.05) is 5.43 Å². The minimum Gasteiger partial charge on any atom is -0.361 e. The van der Waals surface area contributed by atoms with Gasteiger partial charge in [-0.15, -0.1) is 0 Å². The van der Waals surface area contributed by atoms with Crippen LogP contribution in [0.25, 0.3) is 21.8 Å². The van der Waals surface area contributed by atoms with Crippen LogP contribution in [0, 0.1) is 20.2 Å². The lowest BCUT2D eigenvalue weighted by atomic mass is 9.87. The normalized spacial score (nSPS) is 11.9. The number of H-pyrrole nitrogens is 2. The first kappa shape index (κ1) is 21.8. The molecule has 0 spiro atoms. The third kappa shape index (κ3) is 3.97. The zero-order chi connectivity index (χ0) is 24.5. The summed E-state index contributed by atoms with van der Waals surface area (Å²) >= 11 is 0. The Hall–Kier alpha value is -4.99. The van der Waals surface area contributed by atoms with Crippen molar-refractivity contribution >= 4 is 44.6 Å². The van der Waals surface area contributed by atoms with Crippen LogP contribution in [0.1, 0.15) is 24.0 Å². The molecule has 10 heteroatoms. The lowest BCUT2D eigenvalue weighted by Gasteiger charge is -2.17. The molecule has 5 rings (SSSR count). The number of para-hydroxylation sites is 2. The molecule has 0 fully saturated rings. The van der Waals surface area contributed by atoms with Gasteiger partial charge >= 0.3 is 5.69 Å². The van der Waals surface area contributed by atoms with Gasteiger partial charge in [0, 0.05) is 46.0 Å². The van der Waals surface area contributed by atoms with Gasteiger partial charge < -0.3 is 9.97 Å². The van der Waals surface area contributed by atoms with Crippen LogP contribution in [0.5, 0.6) is 0 Å². The summed E-state index contributed by atoms with van der Waals surface area (Å²) < 4.78 is 0. The first-order chi connectivity index (χ1) is 16.9. The number of rotatable bonds is 7. The Bertz CT molecular complexity index is 1540. The van der Waals surface area contributed by atoms with E-state index in [1.54, 1.807) is 0 Å². The number of aromatic amines is 2. The van der Waals surface area contributed by atoms with Crippen LogP contribution in [0.3, 0.4) is 0 Å². The number of nitrogens with one attached hydrogen (secondary N) is 3. The molecule has 0 unspecified atom stereocenters. The summed E-state index contributed by atoms with van der Waals surface area (Å²) in [5.41, 5.74) is 6.69. The van der Waals surface area contributed by atoms with E-state index >= 15 is 0 Å². The molecule has 2 aromatic heterocycles. The van der Waals surface area contributed by atoms with E-state index in [1.165, 1.54) is 12.1 Å². The summed E-state index contributed by atoms with van der Waals surface area (Å²) in [6.45, 7) is 1.85. The van der Waals surface area contributed by atoms with Gasteiger partial charge in [0.25, 0.3) is 5.69 Å². The molecule has 0 bridgehead atoms. The topological polar surface area (TPSA) is 142 Å². The zero-order valence-electron chi connectivity index (χ0n) is 18.6. The van der Waals surface area contributed by atoms with Crippen LogP contribution in [0.15, 0.2) is 84.2 Å². The van der Waals surface area contributed by atoms with Gasteiger partial charge in [-0.05, 0) is 36.2 Å². The van der Waals surface area contributed by atoms with Crippen molar-refractivity contribution in [2.24, 2.45) is 5.10 Å². The largest absolute Gasteiger partial charge is 0.361 e. The van der Waals surface area contributed by atoms with Crippen molar-refractivity contribution in [3.8, 4) is 0 Å². The third-order valence-electron chi connectivity index (χ3n) is 6.02. The fourth-order valence-electron chi connectivity index (χ4n) is 4.38. The maximum atomic E-state index is 11.5. The van der Waals surface area contributed by atoms with Gasteiger partial charge in [0.15, 0.2) is 0 Å². The quantitative estimate of drug-likeness (QED) is 0.151. The molecule has 0 aliphatic rings. The minimum atomic E-state index is -0.671. The molecule has 35 heavy (non-hydrogen) atoms. The summed E-state index contributed by atoms with van der Waals surface area (Å²) in [6, 6.07) is 19.3. The fraction of sp³-hybridized carbons (Fsp3) is 0.0800. The average molecular weight is 468 g/mol. The molecule has 174 valence electrons. The Kier molecular flexibility index (Phi) is 5.46. The zero-order valence-corrected chi connectivity index (χ0v) is 18.6. The number of fused-ring (bicyclic) bond motifs is 2. The molecular formula is C25H20N6O4. The molecular weight excluding hydrogens is 448 g/mol. The highest BCUT2D eigenvalue weighted by Gasteiger charge is 2.25. The Morgan fingerprint density at radius 2 is 1.43 bits per heavy atom. The van der Waals surface area contributed by atoms with Crippen LogP contribution in [0.4, 0.5) is 17.1 Å². The second-order valence-electron chi connectivity index (χ2n) is 8.09. The second-order valence-corrected chi connectivity index (χ2v) is 8.09. The lowest BCUT2D eigenvalue weighted by molar-refractivity contribution is -0.393. The van der Waals surface area contributed by atoms with Crippen LogP contribution in [-0.2, 0) is 0 Å². The SMILES string of the molecule is C/C(=N/Nc1ccc([N+](=O)[O-])cc1[N+](=O)[O-])C(c1c[nH]c2ccccc12)c1c[nH]c2ccccc12. The number of nitro benzene ring substituents is 2. The first-order valence-electron chi connectivity index (χ1n) is 10.8. The van der Waals surface area contributed by atoms with E-state index in [2.05, 4.69) is 20.5 Å². The Morgan fingerprint density at radius 3 is 1.97 bits per heavy atom. The summed E-state index contributed by atoms with van der Waals surface area (Å²) in [5.74, 6) is -0.271. The van der Waals surface area contributed by atoms with Gasteiger partial charge in [-0.1, -0.05) is 36.4 Å². The second kappa shape index (κ2) is 8.75. The van der Waals surface area contributed by atoms with E-state index < -0.39 is 15.5 Å². The summed E-state index contributed by atoms with van der Waals surface area (Å²) in [6.07, 6.45) is 3.90. The van der Waals surface area contributed by atoms with E-state index in [4.69, 9.17) is 0 Å². The highest BCUT2D eigenvalue weighted by atomic mass is 16.6. The summed E-state index contributed by atoms with van der Waals surface area (Å²) in [5, 5.41) is 29.2. The number of nitrogens with zero attached hydrogens (tertiary/aromatic N) is 3. The molecule has 3 aromatic carbocycles. The molecule has 2 heterocycles. The van der Waals surface area contributed by atoms with Gasteiger partial charge in [0.1, 0.15) is 5.69 Å². The number of hydrazone groups is 1. The van der Waals surface area contributed by atoms with Crippen molar-refractivity contribution in [1.82, 2.24) is 9.97 Å². The molecule has 10 nitrogen and oxygen atoms in total.